The Morgan fingerprint density at radius 3 is 2.53 bits per heavy atom. The number of nitrogens with one attached hydrogen (secondary N) is 2. The number of aryl methyl sites for hydroxylation is 1. The second kappa shape index (κ2) is 8.91. The summed E-state index contributed by atoms with van der Waals surface area (Å²) in [5.41, 5.74) is 2.12. The fourth-order valence-corrected chi connectivity index (χ4v) is 3.22. The molecule has 0 radical (unpaired) electrons. The largest absolute Gasteiger partial charge is 0.439 e. The maximum atomic E-state index is 13.0. The second-order valence-corrected chi connectivity index (χ2v) is 8.39. The molecule has 0 aliphatic rings. The topological polar surface area (TPSA) is 97.4 Å². The lowest BCUT2D eigenvalue weighted by molar-refractivity contribution is 0.0951. The quantitative estimate of drug-likeness (QED) is 0.598. The van der Waals surface area contributed by atoms with Gasteiger partial charge in [0.05, 0.1) is 11.9 Å². The van der Waals surface area contributed by atoms with E-state index >= 15 is 0 Å². The first kappa shape index (κ1) is 21.3. The van der Waals surface area contributed by atoms with Gasteiger partial charge in [0.25, 0.3) is 5.91 Å². The van der Waals surface area contributed by atoms with Gasteiger partial charge >= 0.3 is 0 Å². The molecule has 7 nitrogen and oxygen atoms in total. The average Bonchev–Trinajstić information content (AvgIpc) is 2.69. The van der Waals surface area contributed by atoms with E-state index in [1.807, 2.05) is 0 Å². The standard InChI is InChI=1S/C21H20FN3O4S/c1-14-3-4-16(12-19(14)25-30(2,27)28)21(26)24-13-15-9-10-23-20(11-15)29-18-7-5-17(22)6-8-18/h3-12,25H,13H2,1-2H3,(H,24,26). The summed E-state index contributed by atoms with van der Waals surface area (Å²) in [6, 6.07) is 13.7. The number of ether oxygens (including phenoxy) is 1. The Morgan fingerprint density at radius 1 is 1.10 bits per heavy atom. The number of amides is 1. The number of aromatic nitrogens is 1. The van der Waals surface area contributed by atoms with Gasteiger partial charge in [-0.3, -0.25) is 9.52 Å². The molecule has 3 rings (SSSR count). The van der Waals surface area contributed by atoms with Crippen LogP contribution in [0.25, 0.3) is 0 Å². The molecule has 1 amide bonds. The Labute approximate surface area is 174 Å². The highest BCUT2D eigenvalue weighted by Crippen LogP contribution is 2.21. The monoisotopic (exact) mass is 429 g/mol. The van der Waals surface area contributed by atoms with E-state index in [0.717, 1.165) is 11.8 Å². The minimum absolute atomic E-state index is 0.212. The van der Waals surface area contributed by atoms with E-state index in [1.54, 1.807) is 37.4 Å². The Balaban J connectivity index is 1.66. The van der Waals surface area contributed by atoms with E-state index in [0.29, 0.717) is 28.4 Å². The molecule has 2 aromatic carbocycles. The van der Waals surface area contributed by atoms with Crippen LogP contribution in [-0.2, 0) is 16.6 Å². The number of carbonyl (C=O) groups is 1. The number of halogens is 1. The minimum Gasteiger partial charge on any atom is -0.439 e. The number of hydrogen-bond acceptors (Lipinski definition) is 5. The maximum absolute atomic E-state index is 13.0. The Hall–Kier alpha value is -3.46. The number of nitrogens with zero attached hydrogens (tertiary/aromatic N) is 1. The molecule has 0 saturated carbocycles. The fourth-order valence-electron chi connectivity index (χ4n) is 2.60. The van der Waals surface area contributed by atoms with Crippen molar-refractivity contribution in [2.75, 3.05) is 11.0 Å². The number of hydrogen-bond donors (Lipinski definition) is 2. The summed E-state index contributed by atoms with van der Waals surface area (Å²) in [4.78, 5) is 16.6. The third kappa shape index (κ3) is 6.02. The Bertz CT molecular complexity index is 1170. The molecule has 0 unspecified atom stereocenters. The molecule has 0 spiro atoms. The summed E-state index contributed by atoms with van der Waals surface area (Å²) >= 11 is 0. The third-order valence-electron chi connectivity index (χ3n) is 4.08. The van der Waals surface area contributed by atoms with Crippen molar-refractivity contribution in [3.05, 3.63) is 83.3 Å². The molecule has 0 aliphatic heterocycles. The number of carbonyl (C=O) groups excluding carboxylic acids is 1. The molecule has 30 heavy (non-hydrogen) atoms. The molecule has 1 heterocycles. The van der Waals surface area contributed by atoms with Gasteiger partial charge in [0.2, 0.25) is 15.9 Å². The van der Waals surface area contributed by atoms with Gasteiger partial charge in [-0.15, -0.1) is 0 Å². The van der Waals surface area contributed by atoms with Crippen molar-refractivity contribution in [1.29, 1.82) is 0 Å². The predicted octanol–water partition coefficient (Wildman–Crippen LogP) is 3.62. The van der Waals surface area contributed by atoms with Crippen LogP contribution in [-0.4, -0.2) is 25.6 Å². The van der Waals surface area contributed by atoms with Crippen LogP contribution in [0.5, 0.6) is 11.6 Å². The highest BCUT2D eigenvalue weighted by atomic mass is 32.2. The van der Waals surface area contributed by atoms with Gasteiger partial charge in [0, 0.05) is 24.4 Å². The molecule has 0 saturated heterocycles. The molecule has 1 aromatic heterocycles. The first-order valence-corrected chi connectivity index (χ1v) is 10.8. The van der Waals surface area contributed by atoms with E-state index in [4.69, 9.17) is 4.74 Å². The lowest BCUT2D eigenvalue weighted by atomic mass is 10.1. The van der Waals surface area contributed by atoms with E-state index in [9.17, 15) is 17.6 Å². The zero-order valence-corrected chi connectivity index (χ0v) is 17.2. The van der Waals surface area contributed by atoms with E-state index < -0.39 is 10.0 Å². The lowest BCUT2D eigenvalue weighted by Crippen LogP contribution is -2.23. The summed E-state index contributed by atoms with van der Waals surface area (Å²) in [5.74, 6) is 0.0288. The van der Waals surface area contributed by atoms with Gasteiger partial charge in [0.1, 0.15) is 11.6 Å². The van der Waals surface area contributed by atoms with Crippen LogP contribution >= 0.6 is 0 Å². The van der Waals surface area contributed by atoms with Crippen molar-refractivity contribution in [2.45, 2.75) is 13.5 Å². The first-order valence-electron chi connectivity index (χ1n) is 8.94. The first-order chi connectivity index (χ1) is 14.2. The molecule has 0 atom stereocenters. The van der Waals surface area contributed by atoms with E-state index in [-0.39, 0.29) is 18.3 Å². The minimum atomic E-state index is -3.45. The molecular weight excluding hydrogens is 409 g/mol. The second-order valence-electron chi connectivity index (χ2n) is 6.64. The van der Waals surface area contributed by atoms with Gasteiger partial charge in [-0.2, -0.15) is 0 Å². The van der Waals surface area contributed by atoms with Crippen molar-refractivity contribution in [1.82, 2.24) is 10.3 Å². The molecular formula is C21H20FN3O4S. The maximum Gasteiger partial charge on any atom is 0.251 e. The predicted molar refractivity (Wildman–Crippen MR) is 112 cm³/mol. The van der Waals surface area contributed by atoms with Crippen molar-refractivity contribution in [3.8, 4) is 11.6 Å². The van der Waals surface area contributed by atoms with Crippen molar-refractivity contribution in [2.24, 2.45) is 0 Å². The van der Waals surface area contributed by atoms with E-state index in [2.05, 4.69) is 15.0 Å². The Kier molecular flexibility index (Phi) is 6.31. The highest BCUT2D eigenvalue weighted by Gasteiger charge is 2.11. The molecule has 9 heteroatoms. The van der Waals surface area contributed by atoms with Gasteiger partial charge < -0.3 is 10.1 Å². The van der Waals surface area contributed by atoms with Crippen LogP contribution in [0.15, 0.2) is 60.8 Å². The highest BCUT2D eigenvalue weighted by molar-refractivity contribution is 7.92. The normalized spacial score (nSPS) is 11.0. The van der Waals surface area contributed by atoms with Gasteiger partial charge in [-0.25, -0.2) is 17.8 Å². The van der Waals surface area contributed by atoms with Crippen LogP contribution in [0.4, 0.5) is 10.1 Å². The van der Waals surface area contributed by atoms with Gasteiger partial charge in [0.15, 0.2) is 0 Å². The van der Waals surface area contributed by atoms with Crippen LogP contribution in [0.2, 0.25) is 0 Å². The molecule has 0 aliphatic carbocycles. The number of rotatable bonds is 7. The number of pyridine rings is 1. The third-order valence-corrected chi connectivity index (χ3v) is 4.67. The molecule has 0 bridgehead atoms. The molecule has 2 N–H and O–H groups in total. The summed E-state index contributed by atoms with van der Waals surface area (Å²) in [5, 5.41) is 2.77. The number of anilines is 1. The summed E-state index contributed by atoms with van der Waals surface area (Å²) in [7, 11) is -3.45. The molecule has 0 fully saturated rings. The van der Waals surface area contributed by atoms with Crippen molar-refractivity contribution >= 4 is 21.6 Å². The van der Waals surface area contributed by atoms with Crippen molar-refractivity contribution in [3.63, 3.8) is 0 Å². The summed E-state index contributed by atoms with van der Waals surface area (Å²) < 4.78 is 43.9. The van der Waals surface area contributed by atoms with Crippen LogP contribution in [0.1, 0.15) is 21.5 Å². The summed E-state index contributed by atoms with van der Waals surface area (Å²) in [6.45, 7) is 1.96. The Morgan fingerprint density at radius 2 is 1.83 bits per heavy atom. The SMILES string of the molecule is Cc1ccc(C(=O)NCc2ccnc(Oc3ccc(F)cc3)c2)cc1NS(C)(=O)=O. The average molecular weight is 429 g/mol. The molecule has 156 valence electrons. The zero-order chi connectivity index (χ0) is 21.7. The van der Waals surface area contributed by atoms with Crippen molar-refractivity contribution < 1.29 is 22.3 Å². The van der Waals surface area contributed by atoms with Crippen LogP contribution in [0, 0.1) is 12.7 Å². The van der Waals surface area contributed by atoms with E-state index in [1.165, 1.54) is 30.3 Å². The molecule has 3 aromatic rings. The zero-order valence-electron chi connectivity index (χ0n) is 16.3. The number of sulfonamides is 1. The van der Waals surface area contributed by atoms with Crippen LogP contribution in [0.3, 0.4) is 0 Å². The van der Waals surface area contributed by atoms with Crippen LogP contribution < -0.4 is 14.8 Å². The van der Waals surface area contributed by atoms with Gasteiger partial charge in [-0.05, 0) is 60.5 Å². The smallest absolute Gasteiger partial charge is 0.251 e. The fraction of sp³-hybridized carbons (Fsp3) is 0.143. The lowest BCUT2D eigenvalue weighted by Gasteiger charge is -2.11. The summed E-state index contributed by atoms with van der Waals surface area (Å²) in [6.07, 6.45) is 2.59. The number of benzene rings is 2. The van der Waals surface area contributed by atoms with Gasteiger partial charge in [-0.1, -0.05) is 6.07 Å².